The molecule has 0 radical (unpaired) electrons. The Hall–Kier alpha value is -1.60. The third-order valence-corrected chi connectivity index (χ3v) is 5.99. The minimum absolute atomic E-state index is 0.0846. The highest BCUT2D eigenvalue weighted by molar-refractivity contribution is 7.89. The lowest BCUT2D eigenvalue weighted by Crippen LogP contribution is -2.38. The van der Waals surface area contributed by atoms with E-state index < -0.39 is 10.0 Å². The molecular weight excluding hydrogens is 316 g/mol. The first-order chi connectivity index (χ1) is 11.0. The Balaban J connectivity index is 2.06. The van der Waals surface area contributed by atoms with E-state index in [1.165, 1.54) is 4.31 Å². The number of ether oxygens (including phenoxy) is 1. The molecule has 1 heterocycles. The first-order valence-corrected chi connectivity index (χ1v) is 9.50. The maximum absolute atomic E-state index is 12.6. The Labute approximate surface area is 138 Å². The third-order valence-electron chi connectivity index (χ3n) is 3.91. The molecule has 0 spiro atoms. The maximum Gasteiger partial charge on any atom is 0.254 e. The van der Waals surface area contributed by atoms with E-state index in [-0.39, 0.29) is 11.7 Å². The van der Waals surface area contributed by atoms with Gasteiger partial charge in [-0.3, -0.25) is 4.79 Å². The van der Waals surface area contributed by atoms with Crippen molar-refractivity contribution in [3.05, 3.63) is 29.8 Å². The average molecular weight is 340 g/mol. The van der Waals surface area contributed by atoms with Gasteiger partial charge in [0.2, 0.25) is 10.0 Å². The fourth-order valence-electron chi connectivity index (χ4n) is 2.70. The topological polar surface area (TPSA) is 66.9 Å². The molecule has 1 aromatic carbocycles. The molecule has 1 amide bonds. The van der Waals surface area contributed by atoms with Crippen LogP contribution < -0.4 is 4.74 Å². The van der Waals surface area contributed by atoms with Crippen LogP contribution in [0.15, 0.2) is 24.3 Å². The van der Waals surface area contributed by atoms with Crippen molar-refractivity contribution < 1.29 is 17.9 Å². The Kier molecular flexibility index (Phi) is 6.01. The molecule has 0 saturated carbocycles. The van der Waals surface area contributed by atoms with Gasteiger partial charge in [0, 0.05) is 31.7 Å². The van der Waals surface area contributed by atoms with Gasteiger partial charge < -0.3 is 9.64 Å². The molecule has 1 aliphatic rings. The number of amides is 1. The quantitative estimate of drug-likeness (QED) is 0.816. The third kappa shape index (κ3) is 4.45. The molecule has 0 atom stereocenters. The van der Waals surface area contributed by atoms with E-state index in [4.69, 9.17) is 4.74 Å². The highest BCUT2D eigenvalue weighted by Gasteiger charge is 2.26. The van der Waals surface area contributed by atoms with Crippen LogP contribution in [0.1, 0.15) is 30.1 Å². The Bertz CT molecular complexity index is 645. The summed E-state index contributed by atoms with van der Waals surface area (Å²) < 4.78 is 31.0. The number of hydrogen-bond donors (Lipinski definition) is 0. The van der Waals surface area contributed by atoms with Crippen LogP contribution in [0.25, 0.3) is 0 Å². The zero-order chi connectivity index (χ0) is 16.9. The molecule has 1 saturated heterocycles. The molecular formula is C16H24N2O4S. The zero-order valence-electron chi connectivity index (χ0n) is 13.7. The number of nitrogens with zero attached hydrogens (tertiary/aromatic N) is 2. The predicted octanol–water partition coefficient (Wildman–Crippen LogP) is 1.58. The van der Waals surface area contributed by atoms with Gasteiger partial charge in [-0.05, 0) is 31.0 Å². The molecule has 0 aliphatic carbocycles. The summed E-state index contributed by atoms with van der Waals surface area (Å²) in [4.78, 5) is 14.3. The highest BCUT2D eigenvalue weighted by atomic mass is 32.2. The second-order valence-corrected chi connectivity index (χ2v) is 7.68. The molecule has 0 aromatic heterocycles. The summed E-state index contributed by atoms with van der Waals surface area (Å²) in [7, 11) is -1.64. The Morgan fingerprint density at radius 2 is 2.00 bits per heavy atom. The van der Waals surface area contributed by atoms with E-state index in [0.717, 1.165) is 0 Å². The predicted molar refractivity (Wildman–Crippen MR) is 89.2 cm³/mol. The SMILES string of the molecule is CCCS(=O)(=O)N1CCCN(C(=O)c2cccc(OC)c2)CC1. The number of benzene rings is 1. The molecule has 128 valence electrons. The van der Waals surface area contributed by atoms with Crippen molar-refractivity contribution in [2.45, 2.75) is 19.8 Å². The van der Waals surface area contributed by atoms with Crippen LogP contribution in [0.2, 0.25) is 0 Å². The second-order valence-electron chi connectivity index (χ2n) is 5.59. The molecule has 0 N–H and O–H groups in total. The van der Waals surface area contributed by atoms with Gasteiger partial charge in [0.1, 0.15) is 5.75 Å². The van der Waals surface area contributed by atoms with Crippen molar-refractivity contribution in [2.24, 2.45) is 0 Å². The van der Waals surface area contributed by atoms with Crippen LogP contribution >= 0.6 is 0 Å². The zero-order valence-corrected chi connectivity index (χ0v) is 14.5. The number of hydrogen-bond acceptors (Lipinski definition) is 4. The Morgan fingerprint density at radius 3 is 2.70 bits per heavy atom. The monoisotopic (exact) mass is 340 g/mol. The summed E-state index contributed by atoms with van der Waals surface area (Å²) in [5.74, 6) is 0.716. The lowest BCUT2D eigenvalue weighted by atomic mass is 10.2. The van der Waals surface area contributed by atoms with Crippen LogP contribution in [-0.4, -0.2) is 62.6 Å². The van der Waals surface area contributed by atoms with E-state index in [1.807, 2.05) is 6.92 Å². The van der Waals surface area contributed by atoms with Crippen LogP contribution in [0.5, 0.6) is 5.75 Å². The summed E-state index contributed by atoms with van der Waals surface area (Å²) >= 11 is 0. The minimum atomic E-state index is -3.21. The molecule has 7 heteroatoms. The van der Waals surface area contributed by atoms with Crippen molar-refractivity contribution in [1.82, 2.24) is 9.21 Å². The molecule has 6 nitrogen and oxygen atoms in total. The maximum atomic E-state index is 12.6. The molecule has 2 rings (SSSR count). The fourth-order valence-corrected chi connectivity index (χ4v) is 4.24. The molecule has 1 fully saturated rings. The average Bonchev–Trinajstić information content (AvgIpc) is 2.81. The van der Waals surface area contributed by atoms with E-state index in [1.54, 1.807) is 36.3 Å². The lowest BCUT2D eigenvalue weighted by molar-refractivity contribution is 0.0764. The molecule has 1 aromatic rings. The number of sulfonamides is 1. The van der Waals surface area contributed by atoms with Gasteiger partial charge >= 0.3 is 0 Å². The summed E-state index contributed by atoms with van der Waals surface area (Å²) in [6.07, 6.45) is 1.25. The van der Waals surface area contributed by atoms with Crippen LogP contribution in [0.4, 0.5) is 0 Å². The largest absolute Gasteiger partial charge is 0.497 e. The van der Waals surface area contributed by atoms with Gasteiger partial charge in [-0.2, -0.15) is 0 Å². The standard InChI is InChI=1S/C16H24N2O4S/c1-3-12-23(20,21)18-9-5-8-17(10-11-18)16(19)14-6-4-7-15(13-14)22-2/h4,6-7,13H,3,5,8-12H2,1-2H3. The van der Waals surface area contributed by atoms with E-state index in [0.29, 0.717) is 50.3 Å². The van der Waals surface area contributed by atoms with Crippen LogP contribution in [-0.2, 0) is 10.0 Å². The van der Waals surface area contributed by atoms with Crippen LogP contribution in [0, 0.1) is 0 Å². The van der Waals surface area contributed by atoms with E-state index in [9.17, 15) is 13.2 Å². The van der Waals surface area contributed by atoms with Gasteiger partial charge in [-0.25, -0.2) is 12.7 Å². The first kappa shape index (κ1) is 17.7. The van der Waals surface area contributed by atoms with Crippen molar-refractivity contribution in [2.75, 3.05) is 39.0 Å². The normalized spacial score (nSPS) is 16.9. The number of rotatable bonds is 5. The van der Waals surface area contributed by atoms with Gasteiger partial charge in [0.05, 0.1) is 12.9 Å². The summed E-state index contributed by atoms with van der Waals surface area (Å²) in [6.45, 7) is 3.67. The second kappa shape index (κ2) is 7.79. The van der Waals surface area contributed by atoms with Crippen molar-refractivity contribution in [3.63, 3.8) is 0 Å². The lowest BCUT2D eigenvalue weighted by Gasteiger charge is -2.22. The number of methoxy groups -OCH3 is 1. The van der Waals surface area contributed by atoms with Crippen molar-refractivity contribution in [1.29, 1.82) is 0 Å². The molecule has 0 unspecified atom stereocenters. The summed E-state index contributed by atoms with van der Waals surface area (Å²) in [5, 5.41) is 0. The van der Waals surface area contributed by atoms with Crippen molar-refractivity contribution >= 4 is 15.9 Å². The van der Waals surface area contributed by atoms with E-state index >= 15 is 0 Å². The van der Waals surface area contributed by atoms with Gasteiger partial charge in [-0.15, -0.1) is 0 Å². The molecule has 23 heavy (non-hydrogen) atoms. The van der Waals surface area contributed by atoms with Gasteiger partial charge in [0.25, 0.3) is 5.91 Å². The number of carbonyl (C=O) groups excluding carboxylic acids is 1. The van der Waals surface area contributed by atoms with Crippen molar-refractivity contribution in [3.8, 4) is 5.75 Å². The first-order valence-electron chi connectivity index (χ1n) is 7.89. The molecule has 1 aliphatic heterocycles. The smallest absolute Gasteiger partial charge is 0.254 e. The number of carbonyl (C=O) groups is 1. The van der Waals surface area contributed by atoms with E-state index in [2.05, 4.69) is 0 Å². The molecule has 0 bridgehead atoms. The van der Waals surface area contributed by atoms with Crippen LogP contribution in [0.3, 0.4) is 0 Å². The Morgan fingerprint density at radius 1 is 1.22 bits per heavy atom. The van der Waals surface area contributed by atoms with Gasteiger partial charge in [0.15, 0.2) is 0 Å². The van der Waals surface area contributed by atoms with Gasteiger partial charge in [-0.1, -0.05) is 13.0 Å². The minimum Gasteiger partial charge on any atom is -0.497 e. The highest BCUT2D eigenvalue weighted by Crippen LogP contribution is 2.16. The summed E-state index contributed by atoms with van der Waals surface area (Å²) in [5.41, 5.74) is 0.564. The summed E-state index contributed by atoms with van der Waals surface area (Å²) in [6, 6.07) is 7.03. The fraction of sp³-hybridized carbons (Fsp3) is 0.562.